The number of carbonyl (C=O) groups excluding carboxylic acids is 1. The molecular weight excluding hydrogens is 497 g/mol. The summed E-state index contributed by atoms with van der Waals surface area (Å²) in [5, 5.41) is 32.4. The van der Waals surface area contributed by atoms with Crippen LogP contribution in [0, 0.1) is 0 Å². The van der Waals surface area contributed by atoms with Crippen molar-refractivity contribution in [3.8, 4) is 11.5 Å². The second-order valence-electron chi connectivity index (χ2n) is 9.27. The van der Waals surface area contributed by atoms with Crippen molar-refractivity contribution >= 4 is 22.8 Å². The van der Waals surface area contributed by atoms with Crippen LogP contribution < -0.4 is 15.6 Å². The summed E-state index contributed by atoms with van der Waals surface area (Å²) in [4.78, 5) is 37.2. The summed E-state index contributed by atoms with van der Waals surface area (Å²) in [5.74, 6) is -3.05. The van der Waals surface area contributed by atoms with Gasteiger partial charge in [-0.1, -0.05) is 12.1 Å². The van der Waals surface area contributed by atoms with Gasteiger partial charge in [-0.3, -0.25) is 19.0 Å². The summed E-state index contributed by atoms with van der Waals surface area (Å²) < 4.78 is 45.9. The molecule has 0 radical (unpaired) electrons. The molecule has 37 heavy (non-hydrogen) atoms. The third kappa shape index (κ3) is 4.96. The number of aromatic nitrogens is 1. The van der Waals surface area contributed by atoms with E-state index >= 15 is 0 Å². The van der Waals surface area contributed by atoms with Gasteiger partial charge in [0, 0.05) is 5.39 Å². The van der Waals surface area contributed by atoms with Gasteiger partial charge >= 0.3 is 12.1 Å². The topological polar surface area (TPSA) is 138 Å². The van der Waals surface area contributed by atoms with Crippen molar-refractivity contribution in [3.05, 3.63) is 69.0 Å². The fourth-order valence-corrected chi connectivity index (χ4v) is 4.27. The molecule has 0 saturated carbocycles. The van der Waals surface area contributed by atoms with E-state index in [1.807, 2.05) is 0 Å². The van der Waals surface area contributed by atoms with Crippen LogP contribution in [0.1, 0.15) is 46.9 Å². The zero-order chi connectivity index (χ0) is 27.3. The summed E-state index contributed by atoms with van der Waals surface area (Å²) in [6.45, 7) is 2.08. The molecule has 2 heterocycles. The molecule has 1 unspecified atom stereocenters. The van der Waals surface area contributed by atoms with Gasteiger partial charge in [0.2, 0.25) is 0 Å². The van der Waals surface area contributed by atoms with E-state index in [4.69, 9.17) is 9.84 Å². The predicted molar refractivity (Wildman–Crippen MR) is 125 cm³/mol. The molecule has 1 aromatic heterocycles. The number of carboxylic acid groups (broad SMARTS) is 1. The van der Waals surface area contributed by atoms with Crippen molar-refractivity contribution in [2.24, 2.45) is 0 Å². The molecule has 1 amide bonds. The molecule has 0 bridgehead atoms. The Morgan fingerprint density at radius 3 is 2.35 bits per heavy atom. The number of hydrogen-bond acceptors (Lipinski definition) is 6. The number of nitrogens with one attached hydrogen (secondary N) is 1. The van der Waals surface area contributed by atoms with E-state index in [2.05, 4.69) is 5.32 Å². The van der Waals surface area contributed by atoms with Crippen LogP contribution in [0.15, 0.2) is 41.2 Å². The van der Waals surface area contributed by atoms with E-state index in [0.29, 0.717) is 11.1 Å². The molecular formula is C25H23F3N2O7. The van der Waals surface area contributed by atoms with Gasteiger partial charge < -0.3 is 25.4 Å². The third-order valence-electron chi connectivity index (χ3n) is 6.12. The van der Waals surface area contributed by atoms with E-state index in [0.717, 1.165) is 12.1 Å². The molecule has 0 spiro atoms. The Balaban J connectivity index is 1.89. The normalized spacial score (nSPS) is 15.4. The van der Waals surface area contributed by atoms with Gasteiger partial charge in [0.25, 0.3) is 11.5 Å². The molecule has 0 fully saturated rings. The zero-order valence-corrected chi connectivity index (χ0v) is 19.7. The van der Waals surface area contributed by atoms with Crippen molar-refractivity contribution < 1.29 is 42.8 Å². The quantitative estimate of drug-likeness (QED) is 0.392. The van der Waals surface area contributed by atoms with Gasteiger partial charge in [-0.2, -0.15) is 13.2 Å². The standard InChI is InChI=1S/C25H23F3N2O7/c1-24(2,36)14-8-16-20-17(9-14)37-11-15(7-12-3-5-13(6-4-12)25(26,27)28)30(20)23(35)19(21(16)33)22(34)29-10-18(31)32/h3-6,8-9,15,33,36H,7,10-11H2,1-2H3,(H,29,34)(H,31,32). The van der Waals surface area contributed by atoms with Crippen LogP contribution in [-0.2, 0) is 23.0 Å². The maximum absolute atomic E-state index is 13.5. The minimum atomic E-state index is -4.51. The number of alkyl halides is 3. The average Bonchev–Trinajstić information content (AvgIpc) is 2.80. The Bertz CT molecular complexity index is 1460. The predicted octanol–water partition coefficient (Wildman–Crippen LogP) is 2.94. The molecule has 1 aliphatic heterocycles. The third-order valence-corrected chi connectivity index (χ3v) is 6.12. The number of amides is 1. The lowest BCUT2D eigenvalue weighted by Crippen LogP contribution is -2.40. The first-order chi connectivity index (χ1) is 17.2. The van der Waals surface area contributed by atoms with Crippen LogP contribution in [0.4, 0.5) is 13.2 Å². The lowest BCUT2D eigenvalue weighted by molar-refractivity contribution is -0.138. The van der Waals surface area contributed by atoms with Gasteiger partial charge in [0.05, 0.1) is 22.7 Å². The summed E-state index contributed by atoms with van der Waals surface area (Å²) in [7, 11) is 0. The van der Waals surface area contributed by atoms with Gasteiger partial charge in [-0.05, 0) is 55.7 Å². The van der Waals surface area contributed by atoms with E-state index in [9.17, 15) is 37.8 Å². The number of rotatable bonds is 6. The number of hydrogen-bond donors (Lipinski definition) is 4. The van der Waals surface area contributed by atoms with E-state index in [-0.39, 0.29) is 29.7 Å². The average molecular weight is 520 g/mol. The Kier molecular flexibility index (Phi) is 6.40. The van der Waals surface area contributed by atoms with Crippen molar-refractivity contribution in [1.29, 1.82) is 0 Å². The molecule has 1 aliphatic rings. The van der Waals surface area contributed by atoms with Crippen molar-refractivity contribution in [2.75, 3.05) is 13.2 Å². The smallest absolute Gasteiger partial charge is 0.416 e. The fraction of sp³-hybridized carbons (Fsp3) is 0.320. The minimum Gasteiger partial charge on any atom is -0.506 e. The number of halogens is 3. The first-order valence-electron chi connectivity index (χ1n) is 11.2. The number of pyridine rings is 1. The number of carbonyl (C=O) groups is 2. The number of aliphatic carboxylic acids is 1. The fourth-order valence-electron chi connectivity index (χ4n) is 4.27. The number of aliphatic hydroxyl groups is 1. The number of ether oxygens (including phenoxy) is 1. The van der Waals surface area contributed by atoms with Crippen molar-refractivity contribution in [3.63, 3.8) is 0 Å². The summed E-state index contributed by atoms with van der Waals surface area (Å²) in [6, 6.07) is 6.50. The summed E-state index contributed by atoms with van der Waals surface area (Å²) >= 11 is 0. The molecule has 1 atom stereocenters. The zero-order valence-electron chi connectivity index (χ0n) is 19.7. The molecule has 3 aromatic rings. The maximum atomic E-state index is 13.5. The van der Waals surface area contributed by atoms with Crippen LogP contribution in [0.5, 0.6) is 11.5 Å². The van der Waals surface area contributed by atoms with Gasteiger partial charge in [0.1, 0.15) is 30.2 Å². The Labute approximate surface area is 207 Å². The van der Waals surface area contributed by atoms with E-state index in [1.54, 1.807) is 0 Å². The monoisotopic (exact) mass is 520 g/mol. The second-order valence-corrected chi connectivity index (χ2v) is 9.27. The van der Waals surface area contributed by atoms with E-state index < -0.39 is 58.7 Å². The molecule has 9 nitrogen and oxygen atoms in total. The molecule has 4 N–H and O–H groups in total. The molecule has 4 rings (SSSR count). The van der Waals surface area contributed by atoms with Gasteiger partial charge in [-0.25, -0.2) is 0 Å². The van der Waals surface area contributed by atoms with Crippen LogP contribution in [0.25, 0.3) is 10.9 Å². The second kappa shape index (κ2) is 9.11. The SMILES string of the molecule is CC(C)(O)c1cc2c3c(c1)c(O)c(C(=O)NCC(=O)O)c(=O)n3C(Cc1ccc(C(F)(F)F)cc1)CO2. The number of benzene rings is 2. The molecule has 2 aromatic carbocycles. The number of carboxylic acids is 1. The minimum absolute atomic E-state index is 0.00631. The first-order valence-corrected chi connectivity index (χ1v) is 11.2. The molecule has 12 heteroatoms. The Morgan fingerprint density at radius 1 is 1.14 bits per heavy atom. The maximum Gasteiger partial charge on any atom is 0.416 e. The Morgan fingerprint density at radius 2 is 1.78 bits per heavy atom. The van der Waals surface area contributed by atoms with Crippen LogP contribution >= 0.6 is 0 Å². The summed E-state index contributed by atoms with van der Waals surface area (Å²) in [6.07, 6.45) is -4.46. The highest BCUT2D eigenvalue weighted by Gasteiger charge is 2.33. The Hall–Kier alpha value is -4.06. The molecule has 0 saturated heterocycles. The van der Waals surface area contributed by atoms with Crippen molar-refractivity contribution in [2.45, 2.75) is 38.1 Å². The number of nitrogens with zero attached hydrogens (tertiary/aromatic N) is 1. The van der Waals surface area contributed by atoms with Crippen LogP contribution in [0.2, 0.25) is 0 Å². The summed E-state index contributed by atoms with van der Waals surface area (Å²) in [5.41, 5.74) is -2.94. The van der Waals surface area contributed by atoms with Gasteiger partial charge in [-0.15, -0.1) is 0 Å². The molecule has 0 aliphatic carbocycles. The van der Waals surface area contributed by atoms with Crippen molar-refractivity contribution in [1.82, 2.24) is 9.88 Å². The van der Waals surface area contributed by atoms with Crippen LogP contribution in [0.3, 0.4) is 0 Å². The lowest BCUT2D eigenvalue weighted by Gasteiger charge is -2.31. The highest BCUT2D eigenvalue weighted by Crippen LogP contribution is 2.41. The lowest BCUT2D eigenvalue weighted by atomic mass is 9.94. The largest absolute Gasteiger partial charge is 0.506 e. The van der Waals surface area contributed by atoms with Gasteiger partial charge in [0.15, 0.2) is 0 Å². The first kappa shape index (κ1) is 26.0. The highest BCUT2D eigenvalue weighted by atomic mass is 19.4. The highest BCUT2D eigenvalue weighted by molar-refractivity contribution is 6.04. The van der Waals surface area contributed by atoms with E-state index in [1.165, 1.54) is 42.7 Å². The number of aromatic hydroxyl groups is 1. The van der Waals surface area contributed by atoms with Crippen LogP contribution in [-0.4, -0.2) is 44.9 Å². The molecule has 196 valence electrons.